The quantitative estimate of drug-likeness (QED) is 0.419. The second kappa shape index (κ2) is 4.64. The van der Waals surface area contributed by atoms with Crippen LogP contribution in [0.1, 0.15) is 7.85 Å². The van der Waals surface area contributed by atoms with Crippen molar-refractivity contribution < 1.29 is 24.1 Å². The van der Waals surface area contributed by atoms with Crippen molar-refractivity contribution in [2.75, 3.05) is 7.11 Å². The molecule has 7 heteroatoms. The fourth-order valence-electron chi connectivity index (χ4n) is 0.704. The molecule has 0 aliphatic heterocycles. The van der Waals surface area contributed by atoms with E-state index in [1.807, 2.05) is 0 Å². The standard InChI is InChI=1S/C7H9F3N2O2.H2/c1-14-6(13)4(3-11)5(12)2-7(8,9)10;/h3,11H,2,12H2,1H3;1H/b5-4+,11-3?;. The Kier molecular flexibility index (Phi) is 4.13. The van der Waals surface area contributed by atoms with Gasteiger partial charge >= 0.3 is 12.1 Å². The van der Waals surface area contributed by atoms with Crippen molar-refractivity contribution in [2.24, 2.45) is 5.73 Å². The van der Waals surface area contributed by atoms with Gasteiger partial charge in [0.25, 0.3) is 0 Å². The summed E-state index contributed by atoms with van der Waals surface area (Å²) in [7, 11) is 0.993. The summed E-state index contributed by atoms with van der Waals surface area (Å²) in [6, 6.07) is 0. The van der Waals surface area contributed by atoms with Gasteiger partial charge in [-0.1, -0.05) is 0 Å². The van der Waals surface area contributed by atoms with Gasteiger partial charge in [0.05, 0.1) is 19.1 Å². The molecule has 0 saturated heterocycles. The molecule has 0 aromatic rings. The van der Waals surface area contributed by atoms with E-state index in [-0.39, 0.29) is 1.43 Å². The predicted molar refractivity (Wildman–Crippen MR) is 44.8 cm³/mol. The number of alkyl halides is 3. The second-order valence-corrected chi connectivity index (χ2v) is 2.37. The normalized spacial score (nSPS) is 13.1. The molecule has 0 aromatic carbocycles. The second-order valence-electron chi connectivity index (χ2n) is 2.37. The number of ether oxygens (including phenoxy) is 1. The zero-order valence-electron chi connectivity index (χ0n) is 7.31. The summed E-state index contributed by atoms with van der Waals surface area (Å²) < 4.78 is 39.6. The zero-order valence-corrected chi connectivity index (χ0v) is 7.31. The Morgan fingerprint density at radius 1 is 1.64 bits per heavy atom. The summed E-state index contributed by atoms with van der Waals surface area (Å²) in [5, 5.41) is 6.70. The predicted octanol–water partition coefficient (Wildman–Crippen LogP) is 1.22. The van der Waals surface area contributed by atoms with Crippen LogP contribution in [0.2, 0.25) is 0 Å². The number of rotatable bonds is 3. The molecule has 0 amide bonds. The Labute approximate surface area is 79.5 Å². The molecule has 4 nitrogen and oxygen atoms in total. The third-order valence-corrected chi connectivity index (χ3v) is 1.29. The van der Waals surface area contributed by atoms with Gasteiger partial charge < -0.3 is 15.9 Å². The van der Waals surface area contributed by atoms with Crippen LogP contribution in [0.3, 0.4) is 0 Å². The largest absolute Gasteiger partial charge is 0.465 e. The Morgan fingerprint density at radius 3 is 2.43 bits per heavy atom. The van der Waals surface area contributed by atoms with Gasteiger partial charge in [-0.3, -0.25) is 0 Å². The van der Waals surface area contributed by atoms with Crippen molar-refractivity contribution in [1.29, 1.82) is 5.41 Å². The number of halogens is 3. The van der Waals surface area contributed by atoms with E-state index in [4.69, 9.17) is 11.1 Å². The maximum atomic E-state index is 11.8. The van der Waals surface area contributed by atoms with Crippen LogP contribution in [-0.4, -0.2) is 25.5 Å². The van der Waals surface area contributed by atoms with Crippen LogP contribution in [0.5, 0.6) is 0 Å². The monoisotopic (exact) mass is 212 g/mol. The Hall–Kier alpha value is -1.53. The van der Waals surface area contributed by atoms with Gasteiger partial charge in [0, 0.05) is 13.3 Å². The molecule has 3 N–H and O–H groups in total. The van der Waals surface area contributed by atoms with E-state index in [1.54, 1.807) is 0 Å². The maximum Gasteiger partial charge on any atom is 0.394 e. The fourth-order valence-corrected chi connectivity index (χ4v) is 0.704. The molecular weight excluding hydrogens is 201 g/mol. The summed E-state index contributed by atoms with van der Waals surface area (Å²) in [5.74, 6) is -1.05. The molecule has 14 heavy (non-hydrogen) atoms. The lowest BCUT2D eigenvalue weighted by atomic mass is 10.2. The first-order valence-corrected chi connectivity index (χ1v) is 3.46. The first-order chi connectivity index (χ1) is 6.31. The van der Waals surface area contributed by atoms with Crippen LogP contribution in [0.4, 0.5) is 13.2 Å². The summed E-state index contributed by atoms with van der Waals surface area (Å²) >= 11 is 0. The molecule has 0 rings (SSSR count). The van der Waals surface area contributed by atoms with E-state index >= 15 is 0 Å². The molecule has 0 fully saturated rings. The molecule has 0 atom stereocenters. The van der Waals surface area contributed by atoms with Gasteiger partial charge in [0.2, 0.25) is 0 Å². The molecule has 0 bridgehead atoms. The SMILES string of the molecule is COC(=O)/C(C=N)=C(/N)CC(F)(F)F.[HH]. The number of allylic oxidation sites excluding steroid dienone is 1. The third-order valence-electron chi connectivity index (χ3n) is 1.29. The van der Waals surface area contributed by atoms with E-state index in [1.165, 1.54) is 0 Å². The molecule has 0 radical (unpaired) electrons. The van der Waals surface area contributed by atoms with E-state index in [0.717, 1.165) is 7.11 Å². The smallest absolute Gasteiger partial charge is 0.394 e. The molecule has 0 heterocycles. The highest BCUT2D eigenvalue weighted by atomic mass is 19.4. The number of hydrogen-bond donors (Lipinski definition) is 2. The number of esters is 1. The molecule has 0 saturated carbocycles. The molecule has 0 aliphatic rings. The lowest BCUT2D eigenvalue weighted by Crippen LogP contribution is -2.19. The Morgan fingerprint density at radius 2 is 2.14 bits per heavy atom. The average molecular weight is 212 g/mol. The van der Waals surface area contributed by atoms with Crippen LogP contribution >= 0.6 is 0 Å². The molecule has 0 aliphatic carbocycles. The van der Waals surface area contributed by atoms with Crippen molar-refractivity contribution in [3.8, 4) is 0 Å². The molecule has 82 valence electrons. The zero-order chi connectivity index (χ0) is 11.4. The summed E-state index contributed by atoms with van der Waals surface area (Å²) in [4.78, 5) is 10.8. The van der Waals surface area contributed by atoms with Gasteiger partial charge in [0.1, 0.15) is 0 Å². The maximum absolute atomic E-state index is 11.8. The van der Waals surface area contributed by atoms with Crippen LogP contribution in [0.15, 0.2) is 11.3 Å². The van der Waals surface area contributed by atoms with Crippen LogP contribution in [0.25, 0.3) is 0 Å². The number of hydrogen-bond acceptors (Lipinski definition) is 4. The minimum absolute atomic E-state index is 0. The van der Waals surface area contributed by atoms with E-state index in [9.17, 15) is 18.0 Å². The number of nitrogens with two attached hydrogens (primary N) is 1. The van der Waals surface area contributed by atoms with E-state index in [0.29, 0.717) is 6.21 Å². The van der Waals surface area contributed by atoms with Gasteiger partial charge in [-0.05, 0) is 0 Å². The van der Waals surface area contributed by atoms with E-state index in [2.05, 4.69) is 4.74 Å². The number of carbonyl (C=O) groups is 1. The lowest BCUT2D eigenvalue weighted by Gasteiger charge is -2.08. The number of methoxy groups -OCH3 is 1. The average Bonchev–Trinajstić information content (AvgIpc) is 2.01. The number of nitrogens with one attached hydrogen (secondary N) is 1. The van der Waals surface area contributed by atoms with Crippen LogP contribution < -0.4 is 5.73 Å². The summed E-state index contributed by atoms with van der Waals surface area (Å²) in [6.45, 7) is 0. The van der Waals surface area contributed by atoms with Gasteiger partial charge in [-0.25, -0.2) is 4.79 Å². The first kappa shape index (κ1) is 12.5. The highest BCUT2D eigenvalue weighted by Gasteiger charge is 2.30. The van der Waals surface area contributed by atoms with Gasteiger partial charge in [0.15, 0.2) is 0 Å². The first-order valence-electron chi connectivity index (χ1n) is 3.46. The van der Waals surface area contributed by atoms with Gasteiger partial charge in [-0.2, -0.15) is 13.2 Å². The summed E-state index contributed by atoms with van der Waals surface area (Å²) in [6.07, 6.45) is -5.51. The molecule has 0 spiro atoms. The molecule has 0 aromatic heterocycles. The Balaban J connectivity index is 0. The highest BCUT2D eigenvalue weighted by Crippen LogP contribution is 2.23. The van der Waals surface area contributed by atoms with Crippen molar-refractivity contribution in [3.63, 3.8) is 0 Å². The third kappa shape index (κ3) is 3.92. The van der Waals surface area contributed by atoms with Crippen molar-refractivity contribution >= 4 is 12.2 Å². The highest BCUT2D eigenvalue weighted by molar-refractivity contribution is 6.09. The lowest BCUT2D eigenvalue weighted by molar-refractivity contribution is -0.135. The summed E-state index contributed by atoms with van der Waals surface area (Å²) in [5.41, 5.74) is 3.70. The van der Waals surface area contributed by atoms with Crippen LogP contribution in [0, 0.1) is 5.41 Å². The number of carbonyl (C=O) groups excluding carboxylic acids is 1. The molecular formula is C7H11F3N2O2. The minimum atomic E-state index is -4.51. The van der Waals surface area contributed by atoms with Crippen molar-refractivity contribution in [3.05, 3.63) is 11.3 Å². The Bertz CT molecular complexity index is 276. The van der Waals surface area contributed by atoms with Crippen molar-refractivity contribution in [1.82, 2.24) is 0 Å². The fraction of sp³-hybridized carbons (Fsp3) is 0.429. The van der Waals surface area contributed by atoms with Crippen molar-refractivity contribution in [2.45, 2.75) is 12.6 Å². The van der Waals surface area contributed by atoms with Gasteiger partial charge in [-0.15, -0.1) is 0 Å². The topological polar surface area (TPSA) is 76.2 Å². The van der Waals surface area contributed by atoms with E-state index < -0.39 is 29.8 Å². The molecule has 0 unspecified atom stereocenters. The minimum Gasteiger partial charge on any atom is -0.465 e. The van der Waals surface area contributed by atoms with Crippen LogP contribution in [-0.2, 0) is 9.53 Å².